The number of nitrogens with one attached hydrogen (secondary N) is 2. The summed E-state index contributed by atoms with van der Waals surface area (Å²) >= 11 is 0. The van der Waals surface area contributed by atoms with Crippen molar-refractivity contribution in [3.05, 3.63) is 66.6 Å². The number of fused-ring (bicyclic) bond motifs is 1. The Morgan fingerprint density at radius 2 is 1.74 bits per heavy atom. The molecule has 134 valence electrons. The molecule has 2 heterocycles. The summed E-state index contributed by atoms with van der Waals surface area (Å²) < 4.78 is 16.0. The number of imidazole rings is 1. The summed E-state index contributed by atoms with van der Waals surface area (Å²) in [6.45, 7) is 0. The van der Waals surface area contributed by atoms with Crippen LogP contribution in [0.2, 0.25) is 0 Å². The highest BCUT2D eigenvalue weighted by molar-refractivity contribution is 5.79. The molecule has 4 aromatic rings. The second kappa shape index (κ2) is 6.35. The Kier molecular flexibility index (Phi) is 3.71. The maximum atomic E-state index is 14.1. The third kappa shape index (κ3) is 3.08. The van der Waals surface area contributed by atoms with Gasteiger partial charge in [0.2, 0.25) is 11.9 Å². The molecule has 6 nitrogen and oxygen atoms in total. The molecule has 0 unspecified atom stereocenters. The monoisotopic (exact) mass is 360 g/mol. The van der Waals surface area contributed by atoms with E-state index in [0.717, 1.165) is 18.5 Å². The molecule has 0 radical (unpaired) electrons. The minimum Gasteiger partial charge on any atom is -0.351 e. The minimum absolute atomic E-state index is 0.341. The van der Waals surface area contributed by atoms with E-state index in [2.05, 4.69) is 25.6 Å². The van der Waals surface area contributed by atoms with Gasteiger partial charge in [0.25, 0.3) is 0 Å². The highest BCUT2D eigenvalue weighted by Gasteiger charge is 2.23. The standard InChI is InChI=1S/C20H17FN6/c21-15-8-4-5-9-16(15)24-20-25-17-12-22-19(23-13-10-11-13)26-18(17)27(20)14-6-2-1-3-7-14/h1-9,12-13H,10-11H2,(H,24,25)(H,22,23,26). The Morgan fingerprint density at radius 1 is 0.963 bits per heavy atom. The lowest BCUT2D eigenvalue weighted by molar-refractivity contribution is 0.631. The lowest BCUT2D eigenvalue weighted by Gasteiger charge is -2.11. The van der Waals surface area contributed by atoms with Crippen LogP contribution in [0.25, 0.3) is 16.9 Å². The van der Waals surface area contributed by atoms with Crippen molar-refractivity contribution in [1.29, 1.82) is 0 Å². The van der Waals surface area contributed by atoms with Gasteiger partial charge in [-0.25, -0.2) is 14.4 Å². The summed E-state index contributed by atoms with van der Waals surface area (Å²) in [4.78, 5) is 13.6. The van der Waals surface area contributed by atoms with E-state index in [9.17, 15) is 4.39 Å². The van der Waals surface area contributed by atoms with Gasteiger partial charge in [0.1, 0.15) is 11.3 Å². The number of anilines is 3. The van der Waals surface area contributed by atoms with Crippen LogP contribution in [-0.2, 0) is 0 Å². The minimum atomic E-state index is -0.341. The average Bonchev–Trinajstić information content (AvgIpc) is 3.43. The molecule has 27 heavy (non-hydrogen) atoms. The lowest BCUT2D eigenvalue weighted by atomic mass is 10.3. The maximum Gasteiger partial charge on any atom is 0.224 e. The first-order valence-electron chi connectivity index (χ1n) is 8.87. The Balaban J connectivity index is 1.65. The first-order chi connectivity index (χ1) is 13.3. The molecule has 1 saturated carbocycles. The third-order valence-electron chi connectivity index (χ3n) is 4.45. The molecular formula is C20H17FN6. The second-order valence-corrected chi connectivity index (χ2v) is 6.53. The molecule has 0 saturated heterocycles. The fraction of sp³-hybridized carbons (Fsp3) is 0.150. The van der Waals surface area contributed by atoms with Gasteiger partial charge < -0.3 is 10.6 Å². The van der Waals surface area contributed by atoms with E-state index in [1.165, 1.54) is 6.07 Å². The van der Waals surface area contributed by atoms with Gasteiger partial charge in [0, 0.05) is 6.04 Å². The number of benzene rings is 2. The number of hydrogen-bond acceptors (Lipinski definition) is 5. The molecule has 0 aliphatic heterocycles. The Hall–Kier alpha value is -3.48. The fourth-order valence-corrected chi connectivity index (χ4v) is 2.94. The normalized spacial score (nSPS) is 13.7. The van der Waals surface area contributed by atoms with Crippen LogP contribution in [0.1, 0.15) is 12.8 Å². The third-order valence-corrected chi connectivity index (χ3v) is 4.45. The van der Waals surface area contributed by atoms with E-state index >= 15 is 0 Å². The highest BCUT2D eigenvalue weighted by atomic mass is 19.1. The second-order valence-electron chi connectivity index (χ2n) is 6.53. The van der Waals surface area contributed by atoms with Gasteiger partial charge in [0.05, 0.1) is 17.6 Å². The molecule has 1 aliphatic carbocycles. The molecule has 7 heteroatoms. The van der Waals surface area contributed by atoms with Crippen LogP contribution in [0.15, 0.2) is 60.8 Å². The molecule has 0 amide bonds. The largest absolute Gasteiger partial charge is 0.351 e. The Morgan fingerprint density at radius 3 is 2.52 bits per heavy atom. The van der Waals surface area contributed by atoms with Crippen LogP contribution in [0.4, 0.5) is 22.0 Å². The van der Waals surface area contributed by atoms with Crippen LogP contribution >= 0.6 is 0 Å². The van der Waals surface area contributed by atoms with E-state index in [1.807, 2.05) is 34.9 Å². The van der Waals surface area contributed by atoms with E-state index in [-0.39, 0.29) is 5.82 Å². The first-order valence-corrected chi connectivity index (χ1v) is 8.87. The summed E-state index contributed by atoms with van der Waals surface area (Å²) in [6, 6.07) is 16.7. The van der Waals surface area contributed by atoms with Gasteiger partial charge in [-0.3, -0.25) is 4.57 Å². The summed E-state index contributed by atoms with van der Waals surface area (Å²) in [7, 11) is 0. The summed E-state index contributed by atoms with van der Waals surface area (Å²) in [5, 5.41) is 6.40. The van der Waals surface area contributed by atoms with E-state index in [0.29, 0.717) is 34.8 Å². The van der Waals surface area contributed by atoms with Crippen LogP contribution in [0, 0.1) is 5.82 Å². The van der Waals surface area contributed by atoms with Crippen LogP contribution in [-0.4, -0.2) is 25.6 Å². The van der Waals surface area contributed by atoms with E-state index in [4.69, 9.17) is 0 Å². The molecule has 1 aliphatic rings. The van der Waals surface area contributed by atoms with Crippen LogP contribution < -0.4 is 10.6 Å². The number of rotatable bonds is 5. The smallest absolute Gasteiger partial charge is 0.224 e. The van der Waals surface area contributed by atoms with Crippen LogP contribution in [0.3, 0.4) is 0 Å². The summed E-state index contributed by atoms with van der Waals surface area (Å²) in [5.41, 5.74) is 2.54. The van der Waals surface area contributed by atoms with Crippen molar-refractivity contribution in [3.63, 3.8) is 0 Å². The predicted octanol–water partition coefficient (Wildman–Crippen LogP) is 4.27. The molecule has 0 spiro atoms. The molecule has 2 N–H and O–H groups in total. The maximum absolute atomic E-state index is 14.1. The van der Waals surface area contributed by atoms with E-state index < -0.39 is 0 Å². The zero-order chi connectivity index (χ0) is 18.2. The molecule has 0 atom stereocenters. The van der Waals surface area contributed by atoms with Crippen molar-refractivity contribution in [2.24, 2.45) is 0 Å². The van der Waals surface area contributed by atoms with E-state index in [1.54, 1.807) is 24.4 Å². The van der Waals surface area contributed by atoms with Gasteiger partial charge in [-0.05, 0) is 37.1 Å². The van der Waals surface area contributed by atoms with Crippen molar-refractivity contribution in [2.75, 3.05) is 10.6 Å². The molecular weight excluding hydrogens is 343 g/mol. The zero-order valence-electron chi connectivity index (χ0n) is 14.4. The van der Waals surface area contributed by atoms with Crippen molar-refractivity contribution in [1.82, 2.24) is 19.5 Å². The molecule has 5 rings (SSSR count). The predicted molar refractivity (Wildman–Crippen MR) is 103 cm³/mol. The number of hydrogen-bond donors (Lipinski definition) is 2. The molecule has 1 fully saturated rings. The van der Waals surface area contributed by atoms with Crippen LogP contribution in [0.5, 0.6) is 0 Å². The molecule has 2 aromatic carbocycles. The van der Waals surface area contributed by atoms with Crippen molar-refractivity contribution < 1.29 is 4.39 Å². The van der Waals surface area contributed by atoms with Gasteiger partial charge in [0.15, 0.2) is 5.65 Å². The summed E-state index contributed by atoms with van der Waals surface area (Å²) in [5.74, 6) is 0.727. The highest BCUT2D eigenvalue weighted by Crippen LogP contribution is 2.28. The van der Waals surface area contributed by atoms with Crippen molar-refractivity contribution in [3.8, 4) is 5.69 Å². The number of para-hydroxylation sites is 2. The number of nitrogens with zero attached hydrogens (tertiary/aromatic N) is 4. The first kappa shape index (κ1) is 15.7. The Labute approximate surface area is 155 Å². The quantitative estimate of drug-likeness (QED) is 0.556. The average molecular weight is 360 g/mol. The lowest BCUT2D eigenvalue weighted by Crippen LogP contribution is -2.07. The Bertz CT molecular complexity index is 1100. The van der Waals surface area contributed by atoms with Gasteiger partial charge in [-0.1, -0.05) is 30.3 Å². The SMILES string of the molecule is Fc1ccccc1Nc1nc2cnc(NC3CC3)nc2n1-c1ccccc1. The topological polar surface area (TPSA) is 67.7 Å². The van der Waals surface area contributed by atoms with Crippen molar-refractivity contribution in [2.45, 2.75) is 18.9 Å². The molecule has 0 bridgehead atoms. The number of halogens is 1. The molecule has 2 aromatic heterocycles. The summed E-state index contributed by atoms with van der Waals surface area (Å²) in [6.07, 6.45) is 3.97. The van der Waals surface area contributed by atoms with Crippen molar-refractivity contribution >= 4 is 28.7 Å². The zero-order valence-corrected chi connectivity index (χ0v) is 14.4. The van der Waals surface area contributed by atoms with Gasteiger partial charge in [-0.2, -0.15) is 4.98 Å². The number of aromatic nitrogens is 4. The fourth-order valence-electron chi connectivity index (χ4n) is 2.94. The van der Waals surface area contributed by atoms with Gasteiger partial charge >= 0.3 is 0 Å². The van der Waals surface area contributed by atoms with Gasteiger partial charge in [-0.15, -0.1) is 0 Å².